The van der Waals surface area contributed by atoms with Gasteiger partial charge in [-0.15, -0.1) is 10.2 Å². The van der Waals surface area contributed by atoms with Crippen molar-refractivity contribution in [3.63, 3.8) is 0 Å². The van der Waals surface area contributed by atoms with E-state index >= 15 is 0 Å². The molecule has 0 aliphatic carbocycles. The molecule has 0 aliphatic heterocycles. The summed E-state index contributed by atoms with van der Waals surface area (Å²) in [6.45, 7) is 0. The number of benzene rings is 1. The Morgan fingerprint density at radius 3 is 2.30 bits per heavy atom. The van der Waals surface area contributed by atoms with Crippen molar-refractivity contribution in [3.8, 4) is 11.6 Å². The maximum absolute atomic E-state index is 11.4. The third-order valence-electron chi connectivity index (χ3n) is 2.45. The molecule has 0 aliphatic rings. The zero-order chi connectivity index (χ0) is 17.4. The van der Waals surface area contributed by atoms with Crippen LogP contribution in [0, 0.1) is 0 Å². The zero-order valence-corrected chi connectivity index (χ0v) is 12.4. The monoisotopic (exact) mass is 362 g/mol. The molecule has 0 spiro atoms. The molecule has 1 aromatic heterocycles. The summed E-state index contributed by atoms with van der Waals surface area (Å²) in [6.07, 6.45) is 0. The van der Waals surface area contributed by atoms with Crippen LogP contribution in [0.1, 0.15) is 0 Å². The largest absolute Gasteiger partial charge is 0.504 e. The SMILES string of the molecule is O=c1[nH]c(O)c(N=Nc2cc(Cl)cc(S(=O)(=O)O)c2O)c(=O)[nH]1. The molecule has 23 heavy (non-hydrogen) atoms. The van der Waals surface area contributed by atoms with Crippen LogP contribution >= 0.6 is 11.6 Å². The van der Waals surface area contributed by atoms with Gasteiger partial charge in [-0.2, -0.15) is 8.42 Å². The Bertz CT molecular complexity index is 1020. The highest BCUT2D eigenvalue weighted by Gasteiger charge is 2.20. The number of H-pyrrole nitrogens is 2. The van der Waals surface area contributed by atoms with Crippen LogP contribution in [-0.4, -0.2) is 33.2 Å². The number of azo groups is 1. The van der Waals surface area contributed by atoms with E-state index in [9.17, 15) is 28.2 Å². The molecule has 0 saturated heterocycles. The summed E-state index contributed by atoms with van der Waals surface area (Å²) in [5.41, 5.74) is -3.26. The first-order valence-corrected chi connectivity index (χ1v) is 7.38. The number of hydrogen-bond acceptors (Lipinski definition) is 8. The minimum absolute atomic E-state index is 0.205. The Kier molecular flexibility index (Phi) is 4.22. The van der Waals surface area contributed by atoms with E-state index in [0.717, 1.165) is 12.1 Å². The van der Waals surface area contributed by atoms with Gasteiger partial charge in [0.15, 0.2) is 5.75 Å². The predicted molar refractivity (Wildman–Crippen MR) is 76.5 cm³/mol. The van der Waals surface area contributed by atoms with E-state index in [2.05, 4.69) is 10.2 Å². The molecule has 0 amide bonds. The molecule has 1 heterocycles. The lowest BCUT2D eigenvalue weighted by Crippen LogP contribution is -2.20. The van der Waals surface area contributed by atoms with Gasteiger partial charge in [0, 0.05) is 5.02 Å². The number of aromatic hydroxyl groups is 2. The first kappa shape index (κ1) is 16.7. The van der Waals surface area contributed by atoms with Crippen molar-refractivity contribution in [2.45, 2.75) is 4.90 Å². The highest BCUT2D eigenvalue weighted by atomic mass is 35.5. The number of phenolic OH excluding ortho intramolecular Hbond substituents is 1. The summed E-state index contributed by atoms with van der Waals surface area (Å²) in [6, 6.07) is 1.77. The molecule has 0 radical (unpaired) electrons. The molecule has 1 aromatic carbocycles. The number of aromatic amines is 2. The standard InChI is InChI=1S/C10H7ClN4O7S/c11-3-1-4(7(16)5(2-3)23(20,21)22)14-15-6-8(17)12-10(19)13-9(6)18/h1-2,16H,(H,20,21,22)(H3,12,13,17,18,19). The van der Waals surface area contributed by atoms with Crippen molar-refractivity contribution in [2.75, 3.05) is 0 Å². The van der Waals surface area contributed by atoms with Crippen LogP contribution in [0.15, 0.2) is 36.8 Å². The number of nitrogens with one attached hydrogen (secondary N) is 2. The summed E-state index contributed by atoms with van der Waals surface area (Å²) < 4.78 is 31.2. The van der Waals surface area contributed by atoms with Gasteiger partial charge in [-0.1, -0.05) is 11.6 Å². The third-order valence-corrected chi connectivity index (χ3v) is 3.54. The summed E-state index contributed by atoms with van der Waals surface area (Å²) >= 11 is 5.64. The molecule has 2 aromatic rings. The maximum Gasteiger partial charge on any atom is 0.328 e. The minimum Gasteiger partial charge on any atom is -0.504 e. The molecule has 0 fully saturated rings. The molecule has 11 nitrogen and oxygen atoms in total. The van der Waals surface area contributed by atoms with Crippen molar-refractivity contribution in [1.82, 2.24) is 9.97 Å². The van der Waals surface area contributed by atoms with Gasteiger partial charge in [-0.05, 0) is 12.1 Å². The Hall–Kier alpha value is -2.70. The molecule has 122 valence electrons. The zero-order valence-electron chi connectivity index (χ0n) is 10.8. The number of halogens is 1. The van der Waals surface area contributed by atoms with Crippen molar-refractivity contribution < 1.29 is 23.2 Å². The third kappa shape index (κ3) is 3.56. The van der Waals surface area contributed by atoms with Gasteiger partial charge >= 0.3 is 5.69 Å². The van der Waals surface area contributed by atoms with Crippen LogP contribution < -0.4 is 11.2 Å². The number of hydrogen-bond donors (Lipinski definition) is 5. The van der Waals surface area contributed by atoms with Gasteiger partial charge in [-0.3, -0.25) is 19.3 Å². The van der Waals surface area contributed by atoms with Crippen LogP contribution in [0.25, 0.3) is 0 Å². The van der Waals surface area contributed by atoms with Gasteiger partial charge in [0.05, 0.1) is 0 Å². The topological polar surface area (TPSA) is 185 Å². The maximum atomic E-state index is 11.4. The van der Waals surface area contributed by atoms with Gasteiger partial charge in [0.2, 0.25) is 11.6 Å². The number of aromatic nitrogens is 2. The van der Waals surface area contributed by atoms with Crippen LogP contribution in [0.4, 0.5) is 11.4 Å². The number of nitrogens with zero attached hydrogens (tertiary/aromatic N) is 2. The Morgan fingerprint density at radius 2 is 1.74 bits per heavy atom. The lowest BCUT2D eigenvalue weighted by atomic mass is 10.3. The van der Waals surface area contributed by atoms with E-state index < -0.39 is 49.3 Å². The minimum atomic E-state index is -4.78. The van der Waals surface area contributed by atoms with Gasteiger partial charge in [0.25, 0.3) is 15.7 Å². The molecular formula is C10H7ClN4O7S. The van der Waals surface area contributed by atoms with E-state index in [0.29, 0.717) is 0 Å². The Labute approximate surface area is 131 Å². The summed E-state index contributed by atoms with van der Waals surface area (Å²) in [4.78, 5) is 25.0. The first-order chi connectivity index (χ1) is 10.6. The van der Waals surface area contributed by atoms with E-state index in [4.69, 9.17) is 16.2 Å². The van der Waals surface area contributed by atoms with Crippen LogP contribution in [0.2, 0.25) is 5.02 Å². The van der Waals surface area contributed by atoms with E-state index in [1.54, 1.807) is 4.98 Å². The van der Waals surface area contributed by atoms with Gasteiger partial charge in [0.1, 0.15) is 10.6 Å². The van der Waals surface area contributed by atoms with Crippen molar-refractivity contribution in [2.24, 2.45) is 10.2 Å². The first-order valence-electron chi connectivity index (χ1n) is 5.57. The summed E-state index contributed by atoms with van der Waals surface area (Å²) in [5, 5.41) is 25.6. The average Bonchev–Trinajstić information content (AvgIpc) is 2.39. The fourth-order valence-electron chi connectivity index (χ4n) is 1.50. The quantitative estimate of drug-likeness (QED) is 0.394. The second-order valence-corrected chi connectivity index (χ2v) is 5.88. The number of rotatable bonds is 3. The van der Waals surface area contributed by atoms with Crippen LogP contribution in [0.3, 0.4) is 0 Å². The van der Waals surface area contributed by atoms with Crippen LogP contribution in [0.5, 0.6) is 11.6 Å². The fourth-order valence-corrected chi connectivity index (χ4v) is 2.40. The van der Waals surface area contributed by atoms with Gasteiger partial charge < -0.3 is 10.2 Å². The predicted octanol–water partition coefficient (Wildman–Crippen LogP) is 0.790. The summed E-state index contributed by atoms with van der Waals surface area (Å²) in [7, 11) is -4.78. The molecule has 5 N–H and O–H groups in total. The smallest absolute Gasteiger partial charge is 0.328 e. The second kappa shape index (κ2) is 5.83. The molecule has 13 heteroatoms. The second-order valence-electron chi connectivity index (χ2n) is 4.05. The van der Waals surface area contributed by atoms with Crippen molar-refractivity contribution in [3.05, 3.63) is 38.0 Å². The lowest BCUT2D eigenvalue weighted by molar-refractivity contribution is 0.443. The van der Waals surface area contributed by atoms with Crippen molar-refractivity contribution in [1.29, 1.82) is 0 Å². The number of phenols is 1. The summed E-state index contributed by atoms with van der Waals surface area (Å²) in [5.74, 6) is -1.86. The fraction of sp³-hybridized carbons (Fsp3) is 0. The highest BCUT2D eigenvalue weighted by molar-refractivity contribution is 7.86. The molecule has 0 unspecified atom stereocenters. The van der Waals surface area contributed by atoms with Crippen molar-refractivity contribution >= 4 is 33.1 Å². The Morgan fingerprint density at radius 1 is 1.09 bits per heavy atom. The van der Waals surface area contributed by atoms with Gasteiger partial charge in [-0.25, -0.2) is 4.79 Å². The molecule has 0 bridgehead atoms. The molecule has 2 rings (SSSR count). The normalized spacial score (nSPS) is 11.9. The molecule has 0 saturated carbocycles. The lowest BCUT2D eigenvalue weighted by Gasteiger charge is -2.04. The van der Waals surface area contributed by atoms with E-state index in [1.165, 1.54) is 0 Å². The Balaban J connectivity index is 2.60. The van der Waals surface area contributed by atoms with E-state index in [-0.39, 0.29) is 5.02 Å². The average molecular weight is 363 g/mol. The van der Waals surface area contributed by atoms with E-state index in [1.807, 2.05) is 4.98 Å². The molecule has 0 atom stereocenters. The van der Waals surface area contributed by atoms with Crippen LogP contribution in [-0.2, 0) is 10.1 Å². The molecular weight excluding hydrogens is 356 g/mol. The highest BCUT2D eigenvalue weighted by Crippen LogP contribution is 2.37.